The van der Waals surface area contributed by atoms with Crippen LogP contribution in [0, 0.1) is 0 Å². The van der Waals surface area contributed by atoms with E-state index in [0.717, 1.165) is 50.7 Å². The predicted molar refractivity (Wildman–Crippen MR) is 154 cm³/mol. The Bertz CT molecular complexity index is 1750. The van der Waals surface area contributed by atoms with E-state index in [1.54, 1.807) is 0 Å². The third kappa shape index (κ3) is 5.46. The van der Waals surface area contributed by atoms with Crippen molar-refractivity contribution in [2.24, 2.45) is 7.05 Å². The highest BCUT2D eigenvalue weighted by Gasteiger charge is 2.35. The molecular formula is C32H30N2O5S. The molecule has 0 saturated carbocycles. The van der Waals surface area contributed by atoms with Gasteiger partial charge in [0.2, 0.25) is 5.58 Å². The van der Waals surface area contributed by atoms with Crippen LogP contribution in [0.15, 0.2) is 101 Å². The van der Waals surface area contributed by atoms with Gasteiger partial charge < -0.3 is 18.6 Å². The lowest BCUT2D eigenvalue weighted by molar-refractivity contribution is -0.659. The number of anilines is 1. The lowest BCUT2D eigenvalue weighted by Gasteiger charge is -2.24. The highest BCUT2D eigenvalue weighted by molar-refractivity contribution is 7.85. The molecule has 0 N–H and O–H groups in total. The van der Waals surface area contributed by atoms with E-state index >= 15 is 0 Å². The van der Waals surface area contributed by atoms with Gasteiger partial charge in [0.1, 0.15) is 19.2 Å². The van der Waals surface area contributed by atoms with Crippen LogP contribution in [-0.4, -0.2) is 31.5 Å². The van der Waals surface area contributed by atoms with Crippen LogP contribution < -0.4 is 14.2 Å². The van der Waals surface area contributed by atoms with Gasteiger partial charge in [0.25, 0.3) is 5.52 Å². The Hall–Kier alpha value is -4.14. The van der Waals surface area contributed by atoms with Crippen molar-refractivity contribution < 1.29 is 26.7 Å². The van der Waals surface area contributed by atoms with Crippen LogP contribution in [0.3, 0.4) is 0 Å². The first-order valence-corrected chi connectivity index (χ1v) is 15.0. The van der Waals surface area contributed by atoms with Crippen LogP contribution in [-0.2, 0) is 23.6 Å². The quantitative estimate of drug-likeness (QED) is 0.132. The van der Waals surface area contributed by atoms with E-state index in [1.807, 2.05) is 61.6 Å². The first-order chi connectivity index (χ1) is 19.4. The summed E-state index contributed by atoms with van der Waals surface area (Å²) in [7, 11) is -2.25. The minimum Gasteiger partial charge on any atom is -0.748 e. The molecule has 0 aliphatic carbocycles. The normalized spacial score (nSPS) is 14.8. The van der Waals surface area contributed by atoms with Gasteiger partial charge in [0.15, 0.2) is 6.23 Å². The predicted octanol–water partition coefficient (Wildman–Crippen LogP) is 5.68. The topological polar surface area (TPSA) is 86.7 Å². The molecule has 1 aromatic heterocycles. The maximum atomic E-state index is 11.2. The number of hydrogen-bond donors (Lipinski definition) is 0. The van der Waals surface area contributed by atoms with Crippen molar-refractivity contribution in [1.82, 2.24) is 0 Å². The molecule has 0 fully saturated rings. The second kappa shape index (κ2) is 10.8. The summed E-state index contributed by atoms with van der Waals surface area (Å²) in [6, 6.07) is 32.7. The Morgan fingerprint density at radius 2 is 1.48 bits per heavy atom. The van der Waals surface area contributed by atoms with E-state index < -0.39 is 10.1 Å². The van der Waals surface area contributed by atoms with Crippen molar-refractivity contribution in [2.75, 3.05) is 17.2 Å². The standard InChI is InChI=1S/C32H30N2O5S/c1-33-27-20-25(23-10-4-2-5-11-23)14-16-29(27)38-31(33)22-32-34(18-8-9-19-40(35,36)37)28-21-26(15-17-30(28)39-32)24-12-6-3-7-13-24/h2-7,10-17,20-21,32H,8-9,18-19,22H2,1H3. The zero-order valence-electron chi connectivity index (χ0n) is 22.2. The highest BCUT2D eigenvalue weighted by atomic mass is 32.2. The number of nitrogens with zero attached hydrogens (tertiary/aromatic N) is 2. The molecule has 8 heteroatoms. The number of unbranched alkanes of at least 4 members (excludes halogenated alkanes) is 1. The zero-order valence-corrected chi connectivity index (χ0v) is 23.0. The number of ether oxygens (including phenoxy) is 1. The van der Waals surface area contributed by atoms with E-state index in [2.05, 4.69) is 51.9 Å². The van der Waals surface area contributed by atoms with Gasteiger partial charge in [-0.2, -0.15) is 4.57 Å². The Morgan fingerprint density at radius 3 is 2.15 bits per heavy atom. The van der Waals surface area contributed by atoms with Crippen molar-refractivity contribution in [3.05, 3.63) is 103 Å². The van der Waals surface area contributed by atoms with E-state index in [0.29, 0.717) is 25.8 Å². The van der Waals surface area contributed by atoms with Gasteiger partial charge in [-0.15, -0.1) is 0 Å². The largest absolute Gasteiger partial charge is 0.748 e. The number of oxazole rings is 1. The molecule has 0 spiro atoms. The van der Waals surface area contributed by atoms with Crippen LogP contribution in [0.2, 0.25) is 0 Å². The Labute approximate surface area is 234 Å². The molecule has 1 aliphatic heterocycles. The van der Waals surface area contributed by atoms with Crippen molar-refractivity contribution in [2.45, 2.75) is 25.5 Å². The monoisotopic (exact) mass is 554 g/mol. The first-order valence-electron chi connectivity index (χ1n) is 13.4. The number of aryl methyl sites for hydroxylation is 1. The van der Waals surface area contributed by atoms with Crippen LogP contribution in [0.4, 0.5) is 5.69 Å². The van der Waals surface area contributed by atoms with E-state index in [4.69, 9.17) is 9.15 Å². The molecule has 1 unspecified atom stereocenters. The maximum absolute atomic E-state index is 11.2. The summed E-state index contributed by atoms with van der Waals surface area (Å²) in [6.07, 6.45) is 0.985. The molecule has 2 heterocycles. The fourth-order valence-corrected chi connectivity index (χ4v) is 5.89. The smallest absolute Gasteiger partial charge is 0.353 e. The molecule has 4 aromatic carbocycles. The molecule has 6 rings (SSSR count). The fourth-order valence-electron chi connectivity index (χ4n) is 5.33. The third-order valence-corrected chi connectivity index (χ3v) is 8.20. The van der Waals surface area contributed by atoms with Crippen molar-refractivity contribution >= 4 is 26.9 Å². The van der Waals surface area contributed by atoms with Gasteiger partial charge in [-0.1, -0.05) is 72.8 Å². The summed E-state index contributed by atoms with van der Waals surface area (Å²) in [6.45, 7) is 0.549. The van der Waals surface area contributed by atoms with Gasteiger partial charge in [-0.05, 0) is 53.3 Å². The average molecular weight is 555 g/mol. The molecule has 0 radical (unpaired) electrons. The molecule has 7 nitrogen and oxygen atoms in total. The first kappa shape index (κ1) is 26.1. The maximum Gasteiger partial charge on any atom is 0.353 e. The van der Waals surface area contributed by atoms with Crippen LogP contribution in [0.5, 0.6) is 5.75 Å². The van der Waals surface area contributed by atoms with E-state index in [1.165, 1.54) is 0 Å². The second-order valence-electron chi connectivity index (χ2n) is 10.1. The lowest BCUT2D eigenvalue weighted by atomic mass is 10.0. The van der Waals surface area contributed by atoms with Crippen molar-refractivity contribution in [1.29, 1.82) is 0 Å². The number of aromatic nitrogens is 1. The second-order valence-corrected chi connectivity index (χ2v) is 11.6. The minimum absolute atomic E-state index is 0.295. The lowest BCUT2D eigenvalue weighted by Crippen LogP contribution is -2.41. The molecule has 40 heavy (non-hydrogen) atoms. The summed E-state index contributed by atoms with van der Waals surface area (Å²) in [5.74, 6) is 1.17. The zero-order chi connectivity index (χ0) is 27.7. The molecule has 0 bridgehead atoms. The Balaban J connectivity index is 1.29. The fraction of sp³-hybridized carbons (Fsp3) is 0.219. The number of rotatable bonds is 9. The highest BCUT2D eigenvalue weighted by Crippen LogP contribution is 2.41. The van der Waals surface area contributed by atoms with Gasteiger partial charge >= 0.3 is 5.89 Å². The Morgan fingerprint density at radius 1 is 0.825 bits per heavy atom. The van der Waals surface area contributed by atoms with Crippen molar-refractivity contribution in [3.63, 3.8) is 0 Å². The van der Waals surface area contributed by atoms with Gasteiger partial charge in [0, 0.05) is 18.4 Å². The SMILES string of the molecule is C[n+]1c(CC2Oc3ccc(-c4ccccc4)cc3N2CCCCS(=O)(=O)[O-])oc2ccc(-c3ccccc3)cc21. The summed E-state index contributed by atoms with van der Waals surface area (Å²) >= 11 is 0. The molecule has 0 amide bonds. The van der Waals surface area contributed by atoms with E-state index in [-0.39, 0.29) is 12.0 Å². The van der Waals surface area contributed by atoms with Gasteiger partial charge in [0.05, 0.1) is 15.8 Å². The Kier molecular flexibility index (Phi) is 7.04. The molecule has 0 saturated heterocycles. The summed E-state index contributed by atoms with van der Waals surface area (Å²) in [4.78, 5) is 2.15. The number of benzene rings is 4. The summed E-state index contributed by atoms with van der Waals surface area (Å²) < 4.78 is 48.3. The molecule has 5 aromatic rings. The number of hydrogen-bond acceptors (Lipinski definition) is 6. The van der Waals surface area contributed by atoms with Crippen LogP contribution in [0.1, 0.15) is 18.7 Å². The molecular weight excluding hydrogens is 524 g/mol. The number of fused-ring (bicyclic) bond motifs is 2. The molecule has 204 valence electrons. The molecule has 1 atom stereocenters. The summed E-state index contributed by atoms with van der Waals surface area (Å²) in [5, 5.41) is 0. The van der Waals surface area contributed by atoms with Crippen molar-refractivity contribution in [3.8, 4) is 28.0 Å². The van der Waals surface area contributed by atoms with Crippen LogP contribution >= 0.6 is 0 Å². The van der Waals surface area contributed by atoms with E-state index in [9.17, 15) is 13.0 Å². The summed E-state index contributed by atoms with van der Waals surface area (Å²) in [5.41, 5.74) is 7.16. The third-order valence-electron chi connectivity index (χ3n) is 7.41. The van der Waals surface area contributed by atoms with Gasteiger partial charge in [-0.25, -0.2) is 8.42 Å². The average Bonchev–Trinajstić information content (AvgIpc) is 3.47. The van der Waals surface area contributed by atoms with Gasteiger partial charge in [-0.3, -0.25) is 0 Å². The van der Waals surface area contributed by atoms with Crippen LogP contribution in [0.25, 0.3) is 33.4 Å². The molecule has 1 aliphatic rings. The minimum atomic E-state index is -4.25.